The fourth-order valence-corrected chi connectivity index (χ4v) is 4.37. The maximum absolute atomic E-state index is 13.4. The molecule has 0 saturated heterocycles. The van der Waals surface area contributed by atoms with E-state index in [0.717, 1.165) is 10.5 Å². The third-order valence-electron chi connectivity index (χ3n) is 4.76. The number of carbonyl (C=O) groups excluding carboxylic acids is 2. The SMILES string of the molecule is O=C1C(Sc2ccc(Cl)cc2)=C(c2ccc(F)cc2)C(=O)N1CCc1ccccc1. The highest BCUT2D eigenvalue weighted by molar-refractivity contribution is 8.04. The third-order valence-corrected chi connectivity index (χ3v) is 6.10. The lowest BCUT2D eigenvalue weighted by Gasteiger charge is -2.15. The second-order valence-electron chi connectivity index (χ2n) is 6.76. The van der Waals surface area contributed by atoms with Crippen molar-refractivity contribution in [3.05, 3.63) is 106 Å². The molecule has 150 valence electrons. The Labute approximate surface area is 183 Å². The van der Waals surface area contributed by atoms with Crippen LogP contribution in [0.5, 0.6) is 0 Å². The molecule has 3 nitrogen and oxygen atoms in total. The van der Waals surface area contributed by atoms with Crippen molar-refractivity contribution in [2.75, 3.05) is 6.54 Å². The molecule has 0 aromatic heterocycles. The van der Waals surface area contributed by atoms with E-state index in [1.165, 1.54) is 40.9 Å². The number of hydrogen-bond acceptors (Lipinski definition) is 3. The van der Waals surface area contributed by atoms with Gasteiger partial charge < -0.3 is 0 Å². The lowest BCUT2D eigenvalue weighted by Crippen LogP contribution is -2.33. The fraction of sp³-hybridized carbons (Fsp3) is 0.0833. The van der Waals surface area contributed by atoms with Gasteiger partial charge in [-0.05, 0) is 53.9 Å². The Bertz CT molecular complexity index is 1110. The van der Waals surface area contributed by atoms with Crippen LogP contribution in [0.3, 0.4) is 0 Å². The van der Waals surface area contributed by atoms with Crippen LogP contribution in [0.4, 0.5) is 4.39 Å². The van der Waals surface area contributed by atoms with Gasteiger partial charge in [0.05, 0.1) is 10.5 Å². The maximum atomic E-state index is 13.4. The van der Waals surface area contributed by atoms with Gasteiger partial charge in [-0.3, -0.25) is 14.5 Å². The summed E-state index contributed by atoms with van der Waals surface area (Å²) in [6, 6.07) is 22.4. The molecule has 1 heterocycles. The van der Waals surface area contributed by atoms with Crippen molar-refractivity contribution in [2.24, 2.45) is 0 Å². The molecule has 0 radical (unpaired) electrons. The summed E-state index contributed by atoms with van der Waals surface area (Å²) in [7, 11) is 0. The monoisotopic (exact) mass is 437 g/mol. The molecule has 3 aromatic rings. The number of amides is 2. The van der Waals surface area contributed by atoms with Gasteiger partial charge in [0.1, 0.15) is 5.82 Å². The first-order valence-corrected chi connectivity index (χ1v) is 10.6. The average molecular weight is 438 g/mol. The van der Waals surface area contributed by atoms with Crippen LogP contribution in [0.1, 0.15) is 11.1 Å². The minimum absolute atomic E-state index is 0.275. The molecule has 0 aliphatic carbocycles. The molecule has 0 fully saturated rings. The Morgan fingerprint density at radius 1 is 0.833 bits per heavy atom. The van der Waals surface area contributed by atoms with Crippen molar-refractivity contribution < 1.29 is 14.0 Å². The second kappa shape index (κ2) is 8.86. The Kier molecular flexibility index (Phi) is 6.02. The number of benzene rings is 3. The smallest absolute Gasteiger partial charge is 0.268 e. The van der Waals surface area contributed by atoms with E-state index in [9.17, 15) is 14.0 Å². The second-order valence-corrected chi connectivity index (χ2v) is 8.28. The minimum Gasteiger partial charge on any atom is -0.274 e. The van der Waals surface area contributed by atoms with E-state index in [2.05, 4.69) is 0 Å². The Balaban J connectivity index is 1.66. The van der Waals surface area contributed by atoms with E-state index >= 15 is 0 Å². The van der Waals surface area contributed by atoms with E-state index in [1.54, 1.807) is 24.3 Å². The first-order chi connectivity index (χ1) is 14.5. The molecule has 1 aliphatic rings. The van der Waals surface area contributed by atoms with Crippen LogP contribution in [-0.4, -0.2) is 23.3 Å². The predicted octanol–water partition coefficient (Wildman–Crippen LogP) is 5.59. The molecular weight excluding hydrogens is 421 g/mol. The molecule has 1 aliphatic heterocycles. The zero-order valence-corrected chi connectivity index (χ0v) is 17.4. The molecule has 3 aromatic carbocycles. The zero-order chi connectivity index (χ0) is 21.1. The summed E-state index contributed by atoms with van der Waals surface area (Å²) in [6.07, 6.45) is 0.563. The van der Waals surface area contributed by atoms with Crippen molar-refractivity contribution in [2.45, 2.75) is 11.3 Å². The Morgan fingerprint density at radius 3 is 2.17 bits per heavy atom. The number of halogens is 2. The highest BCUT2D eigenvalue weighted by Gasteiger charge is 2.39. The van der Waals surface area contributed by atoms with Gasteiger partial charge in [0.25, 0.3) is 11.8 Å². The van der Waals surface area contributed by atoms with Crippen LogP contribution in [0.25, 0.3) is 5.57 Å². The van der Waals surface area contributed by atoms with E-state index in [1.807, 2.05) is 30.3 Å². The van der Waals surface area contributed by atoms with Crippen molar-refractivity contribution in [1.82, 2.24) is 4.90 Å². The van der Waals surface area contributed by atoms with Gasteiger partial charge in [0, 0.05) is 16.5 Å². The number of carbonyl (C=O) groups is 2. The van der Waals surface area contributed by atoms with Crippen LogP contribution in [-0.2, 0) is 16.0 Å². The number of imide groups is 1. The first-order valence-electron chi connectivity index (χ1n) is 9.36. The van der Waals surface area contributed by atoms with Crippen molar-refractivity contribution in [1.29, 1.82) is 0 Å². The molecule has 0 unspecified atom stereocenters. The Morgan fingerprint density at radius 2 is 1.50 bits per heavy atom. The molecule has 0 N–H and O–H groups in total. The molecule has 0 atom stereocenters. The molecule has 30 heavy (non-hydrogen) atoms. The van der Waals surface area contributed by atoms with Crippen LogP contribution in [0.2, 0.25) is 5.02 Å². The molecule has 4 rings (SSSR count). The number of hydrogen-bond donors (Lipinski definition) is 0. The summed E-state index contributed by atoms with van der Waals surface area (Å²) in [6.45, 7) is 0.275. The molecule has 6 heteroatoms. The zero-order valence-electron chi connectivity index (χ0n) is 15.8. The van der Waals surface area contributed by atoms with E-state index < -0.39 is 5.82 Å². The van der Waals surface area contributed by atoms with Crippen molar-refractivity contribution >= 4 is 40.8 Å². The lowest BCUT2D eigenvalue weighted by atomic mass is 10.1. The van der Waals surface area contributed by atoms with E-state index in [0.29, 0.717) is 27.5 Å². The molecule has 0 bridgehead atoms. The van der Waals surface area contributed by atoms with Gasteiger partial charge in [0.2, 0.25) is 0 Å². The average Bonchev–Trinajstić information content (AvgIpc) is 2.99. The van der Waals surface area contributed by atoms with Crippen molar-refractivity contribution in [3.8, 4) is 0 Å². The van der Waals surface area contributed by atoms with Gasteiger partial charge in [-0.1, -0.05) is 65.8 Å². The van der Waals surface area contributed by atoms with Gasteiger partial charge in [-0.25, -0.2) is 4.39 Å². The van der Waals surface area contributed by atoms with Crippen LogP contribution >= 0.6 is 23.4 Å². The van der Waals surface area contributed by atoms with Crippen LogP contribution < -0.4 is 0 Å². The van der Waals surface area contributed by atoms with E-state index in [-0.39, 0.29) is 18.4 Å². The van der Waals surface area contributed by atoms with Crippen LogP contribution in [0.15, 0.2) is 88.7 Å². The Hall–Kier alpha value is -2.89. The minimum atomic E-state index is -0.399. The molecule has 0 spiro atoms. The summed E-state index contributed by atoms with van der Waals surface area (Å²) in [5, 5.41) is 0.588. The van der Waals surface area contributed by atoms with Gasteiger partial charge in [-0.15, -0.1) is 0 Å². The fourth-order valence-electron chi connectivity index (χ4n) is 3.23. The highest BCUT2D eigenvalue weighted by atomic mass is 35.5. The van der Waals surface area contributed by atoms with Gasteiger partial charge >= 0.3 is 0 Å². The lowest BCUT2D eigenvalue weighted by molar-refractivity contribution is -0.136. The van der Waals surface area contributed by atoms with Gasteiger partial charge in [-0.2, -0.15) is 0 Å². The third kappa shape index (κ3) is 4.32. The largest absolute Gasteiger partial charge is 0.274 e. The van der Waals surface area contributed by atoms with Crippen LogP contribution in [0, 0.1) is 5.82 Å². The summed E-state index contributed by atoms with van der Waals surface area (Å²) in [4.78, 5) is 28.8. The molecule has 2 amide bonds. The standard InChI is InChI=1S/C24H17ClFNO2S/c25-18-8-12-20(13-9-18)30-22-21(17-6-10-19(26)11-7-17)23(28)27(24(22)29)15-14-16-4-2-1-3-5-16/h1-13H,14-15H2. The number of thioether (sulfide) groups is 1. The van der Waals surface area contributed by atoms with Crippen molar-refractivity contribution in [3.63, 3.8) is 0 Å². The summed E-state index contributed by atoms with van der Waals surface area (Å²) in [5.74, 6) is -1.10. The topological polar surface area (TPSA) is 37.4 Å². The highest BCUT2D eigenvalue weighted by Crippen LogP contribution is 2.40. The summed E-state index contributed by atoms with van der Waals surface area (Å²) in [5.41, 5.74) is 1.86. The number of rotatable bonds is 6. The quantitative estimate of drug-likeness (QED) is 0.471. The number of nitrogens with zero attached hydrogens (tertiary/aromatic N) is 1. The van der Waals surface area contributed by atoms with E-state index in [4.69, 9.17) is 11.6 Å². The maximum Gasteiger partial charge on any atom is 0.268 e. The molecule has 0 saturated carbocycles. The molecular formula is C24H17ClFNO2S. The normalized spacial score (nSPS) is 14.0. The predicted molar refractivity (Wildman–Crippen MR) is 117 cm³/mol. The van der Waals surface area contributed by atoms with Gasteiger partial charge in [0.15, 0.2) is 0 Å². The summed E-state index contributed by atoms with van der Waals surface area (Å²) >= 11 is 7.18. The summed E-state index contributed by atoms with van der Waals surface area (Å²) < 4.78 is 13.4. The first kappa shape index (κ1) is 20.4.